The van der Waals surface area contributed by atoms with E-state index in [9.17, 15) is 4.39 Å². The second-order valence-electron chi connectivity index (χ2n) is 3.62. The van der Waals surface area contributed by atoms with Gasteiger partial charge in [0.2, 0.25) is 0 Å². The molecule has 0 atom stereocenters. The van der Waals surface area contributed by atoms with Crippen molar-refractivity contribution in [2.75, 3.05) is 0 Å². The Morgan fingerprint density at radius 1 is 1.27 bits per heavy atom. The molecular weight excluding hydrogens is 193 g/mol. The molecule has 1 aliphatic heterocycles. The third-order valence-corrected chi connectivity index (χ3v) is 2.35. The molecule has 78 valence electrons. The maximum Gasteiger partial charge on any atom is 0.132 e. The number of aryl methyl sites for hydroxylation is 1. The highest BCUT2D eigenvalue weighted by atomic mass is 19.1. The van der Waals surface area contributed by atoms with E-state index >= 15 is 0 Å². The first-order valence-electron chi connectivity index (χ1n) is 4.82. The molecule has 0 bridgehead atoms. The lowest BCUT2D eigenvalue weighted by molar-refractivity contribution is 0.624. The van der Waals surface area contributed by atoms with Gasteiger partial charge in [-0.25, -0.2) is 4.39 Å². The number of hydrogen-bond acceptors (Lipinski definition) is 3. The van der Waals surface area contributed by atoms with Crippen molar-refractivity contribution in [3.05, 3.63) is 35.1 Å². The number of benzene rings is 1. The van der Waals surface area contributed by atoms with Gasteiger partial charge in [0.1, 0.15) is 11.7 Å². The minimum atomic E-state index is -0.255. The monoisotopic (exact) mass is 205 g/mol. The molecule has 0 spiro atoms. The van der Waals surface area contributed by atoms with Gasteiger partial charge in [-0.2, -0.15) is 5.10 Å². The summed E-state index contributed by atoms with van der Waals surface area (Å²) in [5, 5.41) is 7.70. The van der Waals surface area contributed by atoms with E-state index in [1.807, 2.05) is 6.92 Å². The van der Waals surface area contributed by atoms with Crippen molar-refractivity contribution in [2.45, 2.75) is 19.8 Å². The third kappa shape index (κ3) is 2.03. The second kappa shape index (κ2) is 3.81. The van der Waals surface area contributed by atoms with Gasteiger partial charge in [-0.05, 0) is 25.5 Å². The molecule has 0 radical (unpaired) electrons. The number of rotatable bonds is 1. The minimum Gasteiger partial charge on any atom is -0.386 e. The fourth-order valence-corrected chi connectivity index (χ4v) is 1.52. The van der Waals surface area contributed by atoms with E-state index in [0.717, 1.165) is 5.56 Å². The molecule has 3 nitrogen and oxygen atoms in total. The SMILES string of the molecule is Cc1ccc(F)c(C2=NN=C(N)CC2)c1. The Kier molecular flexibility index (Phi) is 2.49. The van der Waals surface area contributed by atoms with Gasteiger partial charge in [0.05, 0.1) is 5.71 Å². The average Bonchev–Trinajstić information content (AvgIpc) is 2.23. The van der Waals surface area contributed by atoms with Gasteiger partial charge in [-0.1, -0.05) is 11.6 Å². The molecule has 0 unspecified atom stereocenters. The van der Waals surface area contributed by atoms with E-state index in [1.165, 1.54) is 6.07 Å². The lowest BCUT2D eigenvalue weighted by Gasteiger charge is -2.10. The van der Waals surface area contributed by atoms with Gasteiger partial charge in [-0.3, -0.25) is 0 Å². The van der Waals surface area contributed by atoms with Crippen molar-refractivity contribution in [3.63, 3.8) is 0 Å². The Labute approximate surface area is 87.5 Å². The van der Waals surface area contributed by atoms with E-state index in [2.05, 4.69) is 10.2 Å². The molecule has 0 amide bonds. The van der Waals surface area contributed by atoms with Crippen LogP contribution in [-0.4, -0.2) is 11.5 Å². The van der Waals surface area contributed by atoms with Crippen LogP contribution in [0.2, 0.25) is 0 Å². The van der Waals surface area contributed by atoms with Crippen LogP contribution in [0.4, 0.5) is 4.39 Å². The standard InChI is InChI=1S/C11H12FN3/c1-7-2-3-9(12)8(6-7)10-4-5-11(13)15-14-10/h2-3,6H,4-5H2,1H3,(H2,13,15). The van der Waals surface area contributed by atoms with Crippen LogP contribution in [0.1, 0.15) is 24.0 Å². The zero-order valence-electron chi connectivity index (χ0n) is 8.50. The molecule has 1 aliphatic rings. The molecule has 2 N–H and O–H groups in total. The van der Waals surface area contributed by atoms with Gasteiger partial charge in [-0.15, -0.1) is 5.10 Å². The maximum atomic E-state index is 13.5. The number of hydrogen-bond donors (Lipinski definition) is 1. The fraction of sp³-hybridized carbons (Fsp3) is 0.273. The first kappa shape index (κ1) is 9.83. The zero-order valence-corrected chi connectivity index (χ0v) is 8.50. The van der Waals surface area contributed by atoms with Crippen LogP contribution in [-0.2, 0) is 0 Å². The summed E-state index contributed by atoms with van der Waals surface area (Å²) in [5.74, 6) is 0.252. The summed E-state index contributed by atoms with van der Waals surface area (Å²) in [7, 11) is 0. The number of nitrogens with two attached hydrogens (primary N) is 1. The first-order valence-corrected chi connectivity index (χ1v) is 4.82. The Hall–Kier alpha value is -1.71. The molecule has 1 heterocycles. The van der Waals surface area contributed by atoms with Crippen molar-refractivity contribution < 1.29 is 4.39 Å². The molecule has 2 rings (SSSR count). The Morgan fingerprint density at radius 3 is 2.73 bits per heavy atom. The smallest absolute Gasteiger partial charge is 0.132 e. The summed E-state index contributed by atoms with van der Waals surface area (Å²) < 4.78 is 13.5. The molecule has 0 fully saturated rings. The van der Waals surface area contributed by atoms with Gasteiger partial charge in [0.15, 0.2) is 0 Å². The normalized spacial score (nSPS) is 15.9. The molecule has 1 aromatic rings. The van der Waals surface area contributed by atoms with E-state index in [-0.39, 0.29) is 5.82 Å². The Bertz CT molecular complexity index is 449. The van der Waals surface area contributed by atoms with Crippen molar-refractivity contribution in [3.8, 4) is 0 Å². The molecule has 1 aromatic carbocycles. The quantitative estimate of drug-likeness (QED) is 0.748. The summed E-state index contributed by atoms with van der Waals surface area (Å²) in [5.41, 5.74) is 7.71. The van der Waals surface area contributed by atoms with E-state index in [1.54, 1.807) is 12.1 Å². The van der Waals surface area contributed by atoms with Gasteiger partial charge < -0.3 is 5.73 Å². The molecule has 15 heavy (non-hydrogen) atoms. The van der Waals surface area contributed by atoms with Crippen LogP contribution < -0.4 is 5.73 Å². The summed E-state index contributed by atoms with van der Waals surface area (Å²) in [4.78, 5) is 0. The molecular formula is C11H12FN3. The van der Waals surface area contributed by atoms with Crippen molar-refractivity contribution >= 4 is 11.5 Å². The fourth-order valence-electron chi connectivity index (χ4n) is 1.52. The van der Waals surface area contributed by atoms with Crippen LogP contribution >= 0.6 is 0 Å². The van der Waals surface area contributed by atoms with Crippen LogP contribution in [0, 0.1) is 12.7 Å². The van der Waals surface area contributed by atoms with Crippen LogP contribution in [0.15, 0.2) is 28.4 Å². The van der Waals surface area contributed by atoms with Gasteiger partial charge in [0.25, 0.3) is 0 Å². The lowest BCUT2D eigenvalue weighted by Crippen LogP contribution is -2.18. The van der Waals surface area contributed by atoms with E-state index in [4.69, 9.17) is 5.73 Å². The third-order valence-electron chi connectivity index (χ3n) is 2.35. The largest absolute Gasteiger partial charge is 0.386 e. The highest BCUT2D eigenvalue weighted by molar-refractivity contribution is 6.04. The van der Waals surface area contributed by atoms with E-state index < -0.39 is 0 Å². The second-order valence-corrected chi connectivity index (χ2v) is 3.62. The number of nitrogens with zero attached hydrogens (tertiary/aromatic N) is 2. The summed E-state index contributed by atoms with van der Waals surface area (Å²) in [6.07, 6.45) is 1.29. The maximum absolute atomic E-state index is 13.5. The summed E-state index contributed by atoms with van der Waals surface area (Å²) >= 11 is 0. The van der Waals surface area contributed by atoms with E-state index in [0.29, 0.717) is 30.0 Å². The van der Waals surface area contributed by atoms with Crippen molar-refractivity contribution in [1.29, 1.82) is 0 Å². The minimum absolute atomic E-state index is 0.255. The molecule has 0 aromatic heterocycles. The van der Waals surface area contributed by atoms with Crippen LogP contribution in [0.25, 0.3) is 0 Å². The van der Waals surface area contributed by atoms with Crippen LogP contribution in [0.5, 0.6) is 0 Å². The topological polar surface area (TPSA) is 50.7 Å². The molecule has 0 saturated carbocycles. The predicted molar refractivity (Wildman–Crippen MR) is 58.5 cm³/mol. The zero-order chi connectivity index (χ0) is 10.8. The van der Waals surface area contributed by atoms with Crippen molar-refractivity contribution in [1.82, 2.24) is 0 Å². The van der Waals surface area contributed by atoms with Crippen LogP contribution in [0.3, 0.4) is 0 Å². The number of halogens is 1. The average molecular weight is 205 g/mol. The summed E-state index contributed by atoms with van der Waals surface area (Å²) in [6.45, 7) is 1.92. The molecule has 0 saturated heterocycles. The highest BCUT2D eigenvalue weighted by Crippen LogP contribution is 2.16. The summed E-state index contributed by atoms with van der Waals surface area (Å²) in [6, 6.07) is 4.97. The first-order chi connectivity index (χ1) is 7.16. The van der Waals surface area contributed by atoms with Crippen molar-refractivity contribution in [2.24, 2.45) is 15.9 Å². The highest BCUT2D eigenvalue weighted by Gasteiger charge is 2.13. The Morgan fingerprint density at radius 2 is 2.07 bits per heavy atom. The lowest BCUT2D eigenvalue weighted by atomic mass is 10.0. The van der Waals surface area contributed by atoms with Gasteiger partial charge >= 0.3 is 0 Å². The predicted octanol–water partition coefficient (Wildman–Crippen LogP) is 1.99. The Balaban J connectivity index is 2.42. The molecule has 4 heteroatoms. The number of amidine groups is 1. The molecule has 0 aliphatic carbocycles. The van der Waals surface area contributed by atoms with Gasteiger partial charge in [0, 0.05) is 12.0 Å².